The van der Waals surface area contributed by atoms with Crippen molar-refractivity contribution in [1.29, 1.82) is 0 Å². The first kappa shape index (κ1) is 22.4. The number of aromatic nitrogens is 3. The molecule has 1 N–H and O–H groups in total. The number of benzene rings is 1. The number of hydrogen-bond donors (Lipinski definition) is 1. The first-order chi connectivity index (χ1) is 16.4. The van der Waals surface area contributed by atoms with Crippen LogP contribution in [0.15, 0.2) is 42.6 Å². The molecular weight excluding hydrogens is 435 g/mol. The van der Waals surface area contributed by atoms with Gasteiger partial charge in [0.15, 0.2) is 11.6 Å². The zero-order valence-corrected chi connectivity index (χ0v) is 19.1. The first-order valence-corrected chi connectivity index (χ1v) is 11.6. The predicted octanol–water partition coefficient (Wildman–Crippen LogP) is 3.32. The molecule has 7 nitrogen and oxygen atoms in total. The Kier molecular flexibility index (Phi) is 6.00. The van der Waals surface area contributed by atoms with E-state index in [1.165, 1.54) is 12.1 Å². The number of anilines is 1. The van der Waals surface area contributed by atoms with Crippen LogP contribution < -0.4 is 9.64 Å². The molecule has 0 amide bonds. The van der Waals surface area contributed by atoms with Gasteiger partial charge >= 0.3 is 0 Å². The minimum Gasteiger partial charge on any atom is -0.490 e. The zero-order valence-electron chi connectivity index (χ0n) is 19.1. The van der Waals surface area contributed by atoms with Gasteiger partial charge in [0, 0.05) is 37.0 Å². The summed E-state index contributed by atoms with van der Waals surface area (Å²) in [5.41, 5.74) is 2.57. The molecule has 0 bridgehead atoms. The third-order valence-electron chi connectivity index (χ3n) is 6.27. The van der Waals surface area contributed by atoms with Crippen LogP contribution in [-0.2, 0) is 24.1 Å². The largest absolute Gasteiger partial charge is 0.490 e. The predicted molar refractivity (Wildman–Crippen MR) is 125 cm³/mol. The summed E-state index contributed by atoms with van der Waals surface area (Å²) in [5, 5.41) is 10.0. The van der Waals surface area contributed by atoms with Gasteiger partial charge in [0.05, 0.1) is 12.1 Å². The maximum Gasteiger partial charge on any atom is 0.180 e. The topological polar surface area (TPSA) is 88.4 Å². The van der Waals surface area contributed by atoms with Gasteiger partial charge in [-0.2, -0.15) is 0 Å². The number of rotatable bonds is 9. The molecule has 2 aromatic heterocycles. The van der Waals surface area contributed by atoms with Crippen LogP contribution in [0.3, 0.4) is 0 Å². The van der Waals surface area contributed by atoms with E-state index in [9.17, 15) is 14.3 Å². The van der Waals surface area contributed by atoms with Crippen LogP contribution in [0.2, 0.25) is 0 Å². The number of aliphatic hydroxyl groups is 1. The normalized spacial score (nSPS) is 15.6. The second kappa shape index (κ2) is 9.10. The van der Waals surface area contributed by atoms with Crippen molar-refractivity contribution in [2.45, 2.75) is 44.1 Å². The fourth-order valence-corrected chi connectivity index (χ4v) is 4.24. The molecule has 0 aliphatic heterocycles. The number of ketones is 1. The Morgan fingerprint density at radius 3 is 2.85 bits per heavy atom. The summed E-state index contributed by atoms with van der Waals surface area (Å²) in [6, 6.07) is 9.65. The number of hydrogen-bond acceptors (Lipinski definition) is 7. The van der Waals surface area contributed by atoms with Gasteiger partial charge in [-0.1, -0.05) is 12.1 Å². The van der Waals surface area contributed by atoms with Crippen molar-refractivity contribution in [1.82, 2.24) is 15.0 Å². The molecule has 34 heavy (non-hydrogen) atoms. The highest BCUT2D eigenvalue weighted by Gasteiger charge is 2.41. The molecule has 176 valence electrons. The van der Waals surface area contributed by atoms with Crippen LogP contribution in [0.4, 0.5) is 10.2 Å². The lowest BCUT2D eigenvalue weighted by Crippen LogP contribution is -2.28. The summed E-state index contributed by atoms with van der Waals surface area (Å²) in [7, 11) is 1.84. The van der Waals surface area contributed by atoms with E-state index in [2.05, 4.69) is 4.98 Å². The second-order valence-corrected chi connectivity index (χ2v) is 9.24. The molecule has 5 rings (SSSR count). The maximum absolute atomic E-state index is 13.5. The molecule has 0 radical (unpaired) electrons. The Bertz CT molecular complexity index is 1230. The zero-order chi connectivity index (χ0) is 23.7. The number of fused-ring (bicyclic) bond motifs is 1. The number of halogens is 1. The molecule has 2 heterocycles. The van der Waals surface area contributed by atoms with E-state index in [1.54, 1.807) is 30.5 Å². The fraction of sp³-hybridized carbons (Fsp3) is 0.385. The van der Waals surface area contributed by atoms with Crippen molar-refractivity contribution in [2.75, 3.05) is 25.1 Å². The smallest absolute Gasteiger partial charge is 0.180 e. The van der Waals surface area contributed by atoms with Crippen molar-refractivity contribution in [3.63, 3.8) is 0 Å². The van der Waals surface area contributed by atoms with Crippen LogP contribution >= 0.6 is 0 Å². The van der Waals surface area contributed by atoms with Crippen molar-refractivity contribution >= 4 is 11.6 Å². The van der Waals surface area contributed by atoms with Crippen molar-refractivity contribution in [3.8, 4) is 17.3 Å². The molecule has 1 fully saturated rings. The van der Waals surface area contributed by atoms with Gasteiger partial charge < -0.3 is 14.7 Å². The molecule has 0 spiro atoms. The van der Waals surface area contributed by atoms with Crippen LogP contribution in [0, 0.1) is 5.82 Å². The minimum atomic E-state index is -0.707. The highest BCUT2D eigenvalue weighted by molar-refractivity contribution is 5.85. The summed E-state index contributed by atoms with van der Waals surface area (Å²) < 4.78 is 19.2. The van der Waals surface area contributed by atoms with Gasteiger partial charge in [-0.05, 0) is 55.9 Å². The van der Waals surface area contributed by atoms with E-state index in [4.69, 9.17) is 14.7 Å². The van der Waals surface area contributed by atoms with E-state index < -0.39 is 5.60 Å². The standard InChI is InChI=1S/C26H27FN4O3/c1-31(15-19(32)13-17-4-2-5-18(27)12-17)25-21-6-3-7-22(21)29-24(30-25)23-14-20(8-11-28-23)34-16-26(33)9-10-26/h2,4-5,8,11-12,14,33H,3,6-7,9-10,13,15-16H2,1H3. The monoisotopic (exact) mass is 462 g/mol. The SMILES string of the molecule is CN(CC(=O)Cc1cccc(F)c1)c1nc(-c2cc(OCC3(O)CC3)ccn2)nc2c1CCC2. The molecule has 0 atom stereocenters. The number of Topliss-reactive ketones (excluding diaryl/α,β-unsaturated/α-hetero) is 1. The molecule has 0 saturated heterocycles. The summed E-state index contributed by atoms with van der Waals surface area (Å²) in [5.74, 6) is 1.45. The minimum absolute atomic E-state index is 0.0217. The number of carbonyl (C=O) groups excluding carboxylic acids is 1. The number of nitrogens with zero attached hydrogens (tertiary/aromatic N) is 4. The Labute approximate surface area is 197 Å². The Balaban J connectivity index is 1.36. The lowest BCUT2D eigenvalue weighted by Gasteiger charge is -2.21. The molecular formula is C26H27FN4O3. The van der Waals surface area contributed by atoms with Gasteiger partial charge in [0.25, 0.3) is 0 Å². The Hall–Kier alpha value is -3.39. The van der Waals surface area contributed by atoms with Gasteiger partial charge in [-0.15, -0.1) is 0 Å². The van der Waals surface area contributed by atoms with E-state index in [-0.39, 0.29) is 31.2 Å². The highest BCUT2D eigenvalue weighted by Crippen LogP contribution is 2.36. The van der Waals surface area contributed by atoms with Crippen molar-refractivity contribution in [2.24, 2.45) is 0 Å². The summed E-state index contributed by atoms with van der Waals surface area (Å²) >= 11 is 0. The van der Waals surface area contributed by atoms with E-state index >= 15 is 0 Å². The summed E-state index contributed by atoms with van der Waals surface area (Å²) in [6.07, 6.45) is 6.02. The lowest BCUT2D eigenvalue weighted by atomic mass is 10.1. The molecule has 3 aromatic rings. The first-order valence-electron chi connectivity index (χ1n) is 11.6. The van der Waals surface area contributed by atoms with E-state index in [0.29, 0.717) is 22.8 Å². The molecule has 8 heteroatoms. The number of aryl methyl sites for hydroxylation is 1. The number of ether oxygens (including phenoxy) is 1. The van der Waals surface area contributed by atoms with Crippen molar-refractivity contribution in [3.05, 3.63) is 65.2 Å². The van der Waals surface area contributed by atoms with Gasteiger partial charge in [0.2, 0.25) is 0 Å². The molecule has 2 aliphatic carbocycles. The molecule has 0 unspecified atom stereocenters. The van der Waals surface area contributed by atoms with Crippen LogP contribution in [0.5, 0.6) is 5.75 Å². The summed E-state index contributed by atoms with van der Waals surface area (Å²) in [6.45, 7) is 0.414. The maximum atomic E-state index is 13.5. The van der Waals surface area contributed by atoms with Crippen molar-refractivity contribution < 1.29 is 19.0 Å². The molecule has 1 aromatic carbocycles. The Morgan fingerprint density at radius 1 is 1.21 bits per heavy atom. The highest BCUT2D eigenvalue weighted by atomic mass is 19.1. The average Bonchev–Trinajstić information content (AvgIpc) is 3.36. The van der Waals surface area contributed by atoms with Crippen LogP contribution in [0.1, 0.15) is 36.1 Å². The number of pyridine rings is 1. The number of carbonyl (C=O) groups is 1. The number of likely N-dealkylation sites (N-methyl/N-ethyl adjacent to an activating group) is 1. The summed E-state index contributed by atoms with van der Waals surface area (Å²) in [4.78, 5) is 28.5. The van der Waals surface area contributed by atoms with Gasteiger partial charge in [-0.25, -0.2) is 14.4 Å². The Morgan fingerprint density at radius 2 is 2.06 bits per heavy atom. The third-order valence-corrected chi connectivity index (χ3v) is 6.27. The lowest BCUT2D eigenvalue weighted by molar-refractivity contribution is -0.117. The average molecular weight is 463 g/mol. The van der Waals surface area contributed by atoms with Gasteiger partial charge in [0.1, 0.15) is 29.7 Å². The molecule has 1 saturated carbocycles. The quantitative estimate of drug-likeness (QED) is 0.522. The van der Waals surface area contributed by atoms with Crippen LogP contribution in [0.25, 0.3) is 11.5 Å². The molecule has 2 aliphatic rings. The van der Waals surface area contributed by atoms with E-state index in [0.717, 1.165) is 49.2 Å². The second-order valence-electron chi connectivity index (χ2n) is 9.24. The fourth-order valence-electron chi connectivity index (χ4n) is 4.24. The van der Waals surface area contributed by atoms with Gasteiger partial charge in [-0.3, -0.25) is 9.78 Å². The third kappa shape index (κ3) is 5.07. The van der Waals surface area contributed by atoms with Crippen LogP contribution in [-0.4, -0.2) is 51.6 Å². The van der Waals surface area contributed by atoms with E-state index in [1.807, 2.05) is 11.9 Å².